The Morgan fingerprint density at radius 2 is 2.04 bits per heavy atom. The molecule has 122 valence electrons. The highest BCUT2D eigenvalue weighted by atomic mass is 16.5. The van der Waals surface area contributed by atoms with E-state index >= 15 is 0 Å². The number of rotatable bonds is 5. The Morgan fingerprint density at radius 1 is 1.21 bits per heavy atom. The van der Waals surface area contributed by atoms with Crippen LogP contribution in [-0.4, -0.2) is 32.3 Å². The minimum Gasteiger partial charge on any atom is -0.492 e. The number of nitrogens with zero attached hydrogens (tertiary/aromatic N) is 4. The number of aromatic nitrogens is 4. The lowest BCUT2D eigenvalue weighted by atomic mass is 10.2. The van der Waals surface area contributed by atoms with Crippen molar-refractivity contribution in [2.75, 3.05) is 11.9 Å². The highest BCUT2D eigenvalue weighted by molar-refractivity contribution is 6.03. The van der Waals surface area contributed by atoms with E-state index in [0.29, 0.717) is 23.9 Å². The van der Waals surface area contributed by atoms with Gasteiger partial charge in [-0.3, -0.25) is 9.36 Å². The van der Waals surface area contributed by atoms with Gasteiger partial charge in [-0.15, -0.1) is 10.2 Å². The molecule has 1 N–H and O–H groups in total. The average Bonchev–Trinajstić information content (AvgIpc) is 3.03. The van der Waals surface area contributed by atoms with E-state index in [2.05, 4.69) is 20.5 Å². The van der Waals surface area contributed by atoms with Gasteiger partial charge in [-0.1, -0.05) is 12.1 Å². The molecule has 0 atom stereocenters. The second-order valence-corrected chi connectivity index (χ2v) is 5.00. The molecule has 24 heavy (non-hydrogen) atoms. The highest BCUT2D eigenvalue weighted by Gasteiger charge is 2.12. The number of aryl methyl sites for hydroxylation is 1. The lowest BCUT2D eigenvalue weighted by molar-refractivity contribution is 0.102. The van der Waals surface area contributed by atoms with Gasteiger partial charge in [-0.2, -0.15) is 0 Å². The number of anilines is 1. The van der Waals surface area contributed by atoms with Crippen LogP contribution in [0.1, 0.15) is 23.2 Å². The first-order chi connectivity index (χ1) is 11.7. The molecule has 7 heteroatoms. The number of benzene rings is 1. The molecule has 2 aromatic heterocycles. The maximum Gasteiger partial charge on any atom is 0.276 e. The fourth-order valence-corrected chi connectivity index (χ4v) is 2.23. The van der Waals surface area contributed by atoms with Crippen molar-refractivity contribution in [3.8, 4) is 11.6 Å². The summed E-state index contributed by atoms with van der Waals surface area (Å²) in [5.74, 6) is 1.68. The molecule has 1 amide bonds. The maximum absolute atomic E-state index is 12.3. The van der Waals surface area contributed by atoms with Gasteiger partial charge in [0.05, 0.1) is 12.3 Å². The largest absolute Gasteiger partial charge is 0.492 e. The molecule has 0 spiro atoms. The Bertz CT molecular complexity index is 842. The zero-order valence-corrected chi connectivity index (χ0v) is 13.4. The predicted molar refractivity (Wildman–Crippen MR) is 89.5 cm³/mol. The molecule has 0 radical (unpaired) electrons. The first kappa shape index (κ1) is 15.7. The second-order valence-electron chi connectivity index (χ2n) is 5.00. The van der Waals surface area contributed by atoms with Crippen LogP contribution >= 0.6 is 0 Å². The monoisotopic (exact) mass is 323 g/mol. The summed E-state index contributed by atoms with van der Waals surface area (Å²) in [6.07, 6.45) is 3.47. The smallest absolute Gasteiger partial charge is 0.276 e. The van der Waals surface area contributed by atoms with E-state index in [-0.39, 0.29) is 11.6 Å². The summed E-state index contributed by atoms with van der Waals surface area (Å²) < 4.78 is 7.28. The van der Waals surface area contributed by atoms with E-state index in [4.69, 9.17) is 4.74 Å². The van der Waals surface area contributed by atoms with Crippen LogP contribution < -0.4 is 10.1 Å². The van der Waals surface area contributed by atoms with Crippen LogP contribution in [0, 0.1) is 6.92 Å². The number of nitrogens with one attached hydrogen (secondary N) is 1. The van der Waals surface area contributed by atoms with E-state index in [9.17, 15) is 4.79 Å². The molecule has 0 aliphatic carbocycles. The van der Waals surface area contributed by atoms with Crippen LogP contribution in [0.2, 0.25) is 0 Å². The van der Waals surface area contributed by atoms with E-state index in [1.807, 2.05) is 26.0 Å². The van der Waals surface area contributed by atoms with Crippen molar-refractivity contribution in [3.05, 3.63) is 60.3 Å². The van der Waals surface area contributed by atoms with Gasteiger partial charge < -0.3 is 10.1 Å². The molecule has 0 saturated heterocycles. The Morgan fingerprint density at radius 3 is 2.71 bits per heavy atom. The highest BCUT2D eigenvalue weighted by Crippen LogP contribution is 2.24. The number of para-hydroxylation sites is 2. The van der Waals surface area contributed by atoms with Crippen molar-refractivity contribution < 1.29 is 9.53 Å². The van der Waals surface area contributed by atoms with Crippen molar-refractivity contribution in [3.63, 3.8) is 0 Å². The second kappa shape index (κ2) is 6.91. The zero-order valence-electron chi connectivity index (χ0n) is 13.4. The normalized spacial score (nSPS) is 10.4. The molecule has 3 rings (SSSR count). The summed E-state index contributed by atoms with van der Waals surface area (Å²) in [4.78, 5) is 16.5. The third kappa shape index (κ3) is 3.24. The van der Waals surface area contributed by atoms with Gasteiger partial charge >= 0.3 is 0 Å². The van der Waals surface area contributed by atoms with Crippen LogP contribution in [0.3, 0.4) is 0 Å². The third-order valence-electron chi connectivity index (χ3n) is 3.39. The van der Waals surface area contributed by atoms with Crippen molar-refractivity contribution in [1.82, 2.24) is 19.7 Å². The fraction of sp³-hybridized carbons (Fsp3) is 0.176. The van der Waals surface area contributed by atoms with Crippen molar-refractivity contribution >= 4 is 11.6 Å². The predicted octanol–water partition coefficient (Wildman–Crippen LogP) is 2.62. The number of carbonyl (C=O) groups excluding carboxylic acids is 1. The summed E-state index contributed by atoms with van der Waals surface area (Å²) in [7, 11) is 0. The molecule has 0 aliphatic heterocycles. The number of hydrogen-bond acceptors (Lipinski definition) is 5. The fourth-order valence-electron chi connectivity index (χ4n) is 2.23. The molecule has 2 heterocycles. The molecule has 1 aromatic carbocycles. The van der Waals surface area contributed by atoms with Crippen LogP contribution in [0.15, 0.2) is 48.8 Å². The lowest BCUT2D eigenvalue weighted by Gasteiger charge is -2.11. The van der Waals surface area contributed by atoms with Crippen molar-refractivity contribution in [1.29, 1.82) is 0 Å². The van der Waals surface area contributed by atoms with Gasteiger partial charge in [0.1, 0.15) is 11.6 Å². The van der Waals surface area contributed by atoms with Gasteiger partial charge in [0.25, 0.3) is 5.91 Å². The van der Waals surface area contributed by atoms with E-state index in [0.717, 1.165) is 5.82 Å². The number of hydrogen-bond donors (Lipinski definition) is 1. The summed E-state index contributed by atoms with van der Waals surface area (Å²) in [5.41, 5.74) is 0.823. The van der Waals surface area contributed by atoms with Gasteiger partial charge in [-0.25, -0.2) is 4.98 Å². The Balaban J connectivity index is 1.78. The first-order valence-electron chi connectivity index (χ1n) is 7.56. The number of imidazole rings is 1. The van der Waals surface area contributed by atoms with Crippen LogP contribution in [-0.2, 0) is 0 Å². The number of ether oxygens (including phenoxy) is 1. The van der Waals surface area contributed by atoms with Gasteiger partial charge in [0.2, 0.25) is 0 Å². The molecule has 3 aromatic rings. The molecule has 0 fully saturated rings. The van der Waals surface area contributed by atoms with Crippen LogP contribution in [0.25, 0.3) is 5.82 Å². The number of amides is 1. The quantitative estimate of drug-likeness (QED) is 0.780. The van der Waals surface area contributed by atoms with Crippen LogP contribution in [0.4, 0.5) is 5.69 Å². The Labute approximate surface area is 139 Å². The third-order valence-corrected chi connectivity index (χ3v) is 3.39. The zero-order chi connectivity index (χ0) is 16.9. The molecule has 0 aliphatic rings. The topological polar surface area (TPSA) is 81.9 Å². The van der Waals surface area contributed by atoms with Gasteiger partial charge in [0.15, 0.2) is 11.5 Å². The number of carbonyl (C=O) groups is 1. The van der Waals surface area contributed by atoms with E-state index in [1.165, 1.54) is 0 Å². The minimum atomic E-state index is -0.344. The Kier molecular flexibility index (Phi) is 4.51. The molecule has 7 nitrogen and oxygen atoms in total. The van der Waals surface area contributed by atoms with Gasteiger partial charge in [0, 0.05) is 12.4 Å². The lowest BCUT2D eigenvalue weighted by Crippen LogP contribution is -2.15. The van der Waals surface area contributed by atoms with Gasteiger partial charge in [-0.05, 0) is 38.1 Å². The summed E-state index contributed by atoms with van der Waals surface area (Å²) in [6.45, 7) is 4.28. The molecular weight excluding hydrogens is 306 g/mol. The SMILES string of the molecule is CCOc1ccccc1NC(=O)c1ccc(-n2ccnc2C)nn1. The first-order valence-corrected chi connectivity index (χ1v) is 7.56. The van der Waals surface area contributed by atoms with Crippen LogP contribution in [0.5, 0.6) is 5.75 Å². The Hall–Kier alpha value is -3.22. The average molecular weight is 323 g/mol. The molecule has 0 saturated carbocycles. The summed E-state index contributed by atoms with van der Waals surface area (Å²) >= 11 is 0. The van der Waals surface area contributed by atoms with E-state index < -0.39 is 0 Å². The van der Waals surface area contributed by atoms with E-state index in [1.54, 1.807) is 41.2 Å². The molecule has 0 unspecified atom stereocenters. The standard InChI is InChI=1S/C17H17N5O2/c1-3-24-15-7-5-4-6-13(15)19-17(23)14-8-9-16(21-20-14)22-11-10-18-12(22)2/h4-11H,3H2,1-2H3,(H,19,23). The van der Waals surface area contributed by atoms with Crippen molar-refractivity contribution in [2.45, 2.75) is 13.8 Å². The van der Waals surface area contributed by atoms with Crippen molar-refractivity contribution in [2.24, 2.45) is 0 Å². The minimum absolute atomic E-state index is 0.225. The molecule has 0 bridgehead atoms. The summed E-state index contributed by atoms with van der Waals surface area (Å²) in [6, 6.07) is 10.6. The molecular formula is C17H17N5O2. The summed E-state index contributed by atoms with van der Waals surface area (Å²) in [5, 5.41) is 10.9. The maximum atomic E-state index is 12.3.